The highest BCUT2D eigenvalue weighted by Crippen LogP contribution is 2.28. The van der Waals surface area contributed by atoms with Gasteiger partial charge in [-0.05, 0) is 104 Å². The molecule has 0 aliphatic carbocycles. The number of hydrogen-bond acceptors (Lipinski definition) is 7. The quantitative estimate of drug-likeness (QED) is 0.224. The van der Waals surface area contributed by atoms with Crippen molar-refractivity contribution in [3.8, 4) is 5.75 Å². The molecule has 0 aromatic heterocycles. The number of amides is 1. The van der Waals surface area contributed by atoms with Gasteiger partial charge in [-0.15, -0.1) is 11.8 Å². The molecule has 0 saturated heterocycles. The number of sulfonamides is 2. The predicted molar refractivity (Wildman–Crippen MR) is 163 cm³/mol. The zero-order valence-corrected chi connectivity index (χ0v) is 25.2. The van der Waals surface area contributed by atoms with Crippen LogP contribution in [0.5, 0.6) is 5.75 Å². The molecule has 9 nitrogen and oxygen atoms in total. The normalized spacial score (nSPS) is 11.5. The lowest BCUT2D eigenvalue weighted by Gasteiger charge is -2.20. The molecule has 214 valence electrons. The minimum absolute atomic E-state index is 0.00995. The van der Waals surface area contributed by atoms with E-state index in [1.54, 1.807) is 48.5 Å². The van der Waals surface area contributed by atoms with E-state index in [9.17, 15) is 21.6 Å². The first-order valence-corrected chi connectivity index (χ1v) is 16.4. The summed E-state index contributed by atoms with van der Waals surface area (Å²) < 4.78 is 60.8. The van der Waals surface area contributed by atoms with Crippen LogP contribution in [0.2, 0.25) is 0 Å². The van der Waals surface area contributed by atoms with E-state index in [4.69, 9.17) is 4.74 Å². The molecule has 12 heteroatoms. The number of carbonyl (C=O) groups excluding carboxylic acids is 1. The molecule has 0 saturated carbocycles. The lowest BCUT2D eigenvalue weighted by atomic mass is 10.2. The monoisotopic (exact) mass is 611 g/mol. The lowest BCUT2D eigenvalue weighted by Crippen LogP contribution is -2.26. The zero-order chi connectivity index (χ0) is 29.8. The number of hydrogen-bond donors (Lipinski definition) is 2. The Morgan fingerprint density at radius 2 is 1.44 bits per heavy atom. The van der Waals surface area contributed by atoms with E-state index in [1.807, 2.05) is 19.2 Å². The Morgan fingerprint density at radius 1 is 0.829 bits per heavy atom. The summed E-state index contributed by atoms with van der Waals surface area (Å²) in [6, 6.07) is 23.6. The van der Waals surface area contributed by atoms with Crippen molar-refractivity contribution < 1.29 is 26.4 Å². The highest BCUT2D eigenvalue weighted by Gasteiger charge is 2.22. The maximum Gasteiger partial charge on any atom is 0.264 e. The van der Waals surface area contributed by atoms with Gasteiger partial charge in [0.1, 0.15) is 5.75 Å². The summed E-state index contributed by atoms with van der Waals surface area (Å²) in [6.07, 6.45) is 1.91. The summed E-state index contributed by atoms with van der Waals surface area (Å²) in [4.78, 5) is 13.9. The van der Waals surface area contributed by atoms with E-state index in [2.05, 4.69) is 10.0 Å². The van der Waals surface area contributed by atoms with E-state index in [0.717, 1.165) is 14.8 Å². The van der Waals surface area contributed by atoms with E-state index in [0.29, 0.717) is 28.4 Å². The van der Waals surface area contributed by atoms with Gasteiger partial charge in [-0.1, -0.05) is 6.07 Å². The van der Waals surface area contributed by atoms with E-state index in [1.165, 1.54) is 62.3 Å². The zero-order valence-electron chi connectivity index (χ0n) is 22.8. The van der Waals surface area contributed by atoms with Gasteiger partial charge in [0.2, 0.25) is 0 Å². The minimum atomic E-state index is -3.91. The first-order valence-electron chi connectivity index (χ1n) is 12.3. The number of thioether (sulfide) groups is 1. The summed E-state index contributed by atoms with van der Waals surface area (Å²) in [5.74, 6) is -0.0457. The van der Waals surface area contributed by atoms with E-state index >= 15 is 0 Å². The predicted octanol–water partition coefficient (Wildman–Crippen LogP) is 5.60. The van der Waals surface area contributed by atoms with Crippen LogP contribution < -0.4 is 19.1 Å². The lowest BCUT2D eigenvalue weighted by molar-refractivity contribution is 0.102. The van der Waals surface area contributed by atoms with Crippen molar-refractivity contribution in [3.05, 3.63) is 102 Å². The van der Waals surface area contributed by atoms with Crippen LogP contribution in [0.15, 0.2) is 106 Å². The number of aryl methyl sites for hydroxylation is 1. The summed E-state index contributed by atoms with van der Waals surface area (Å²) in [5.41, 5.74) is 2.26. The van der Waals surface area contributed by atoms with Gasteiger partial charge in [-0.25, -0.2) is 16.8 Å². The van der Waals surface area contributed by atoms with Crippen LogP contribution in [0.1, 0.15) is 15.9 Å². The van der Waals surface area contributed by atoms with Crippen molar-refractivity contribution >= 4 is 54.8 Å². The molecule has 0 radical (unpaired) electrons. The van der Waals surface area contributed by atoms with Gasteiger partial charge >= 0.3 is 0 Å². The third-order valence-corrected chi connectivity index (χ3v) is 10.2. The van der Waals surface area contributed by atoms with Crippen molar-refractivity contribution in [2.75, 3.05) is 34.8 Å². The number of methoxy groups -OCH3 is 1. The fourth-order valence-electron chi connectivity index (χ4n) is 3.89. The molecule has 0 spiro atoms. The maximum atomic E-state index is 13.0. The fourth-order valence-corrected chi connectivity index (χ4v) is 6.56. The second-order valence-corrected chi connectivity index (χ2v) is 13.5. The molecule has 0 atom stereocenters. The van der Waals surface area contributed by atoms with Crippen LogP contribution in [-0.2, 0) is 20.0 Å². The second kappa shape index (κ2) is 12.2. The van der Waals surface area contributed by atoms with Gasteiger partial charge in [-0.2, -0.15) is 0 Å². The van der Waals surface area contributed by atoms with Gasteiger partial charge in [0.05, 0.1) is 28.3 Å². The van der Waals surface area contributed by atoms with Crippen LogP contribution in [0.4, 0.5) is 17.1 Å². The third-order valence-electron chi connectivity index (χ3n) is 6.23. The SMILES string of the molecule is COc1ccc(C)cc1NS(=O)(=O)c1ccc(NC(=O)c2ccc(N(C)S(=O)(=O)c3ccc(SC)cc3)cc2)cc1. The highest BCUT2D eigenvalue weighted by atomic mass is 32.2. The summed E-state index contributed by atoms with van der Waals surface area (Å²) >= 11 is 1.52. The maximum absolute atomic E-state index is 13.0. The molecule has 4 rings (SSSR count). The molecule has 2 N–H and O–H groups in total. The Morgan fingerprint density at radius 3 is 2.02 bits per heavy atom. The van der Waals surface area contributed by atoms with Gasteiger partial charge in [0.25, 0.3) is 26.0 Å². The first-order chi connectivity index (χ1) is 19.4. The van der Waals surface area contributed by atoms with Crippen molar-refractivity contribution in [1.82, 2.24) is 0 Å². The molecule has 0 aliphatic rings. The first kappa shape index (κ1) is 30.0. The Bertz CT molecular complexity index is 1760. The van der Waals surface area contributed by atoms with Crippen molar-refractivity contribution in [1.29, 1.82) is 0 Å². The van der Waals surface area contributed by atoms with Gasteiger partial charge in [0, 0.05) is 23.2 Å². The summed E-state index contributed by atoms with van der Waals surface area (Å²) in [6.45, 7) is 1.84. The Labute approximate surface area is 244 Å². The van der Waals surface area contributed by atoms with Crippen LogP contribution in [0.3, 0.4) is 0 Å². The molecule has 0 aliphatic heterocycles. The van der Waals surface area contributed by atoms with Gasteiger partial charge in [0.15, 0.2) is 0 Å². The Balaban J connectivity index is 1.43. The summed E-state index contributed by atoms with van der Waals surface area (Å²) in [7, 11) is -4.78. The topological polar surface area (TPSA) is 122 Å². The number of benzene rings is 4. The van der Waals surface area contributed by atoms with Crippen LogP contribution in [0.25, 0.3) is 0 Å². The number of nitrogens with zero attached hydrogens (tertiary/aromatic N) is 1. The molecule has 1 amide bonds. The molecule has 41 heavy (non-hydrogen) atoms. The number of anilines is 3. The third kappa shape index (κ3) is 6.84. The van der Waals surface area contributed by atoms with Crippen LogP contribution in [-0.4, -0.2) is 43.2 Å². The summed E-state index contributed by atoms with van der Waals surface area (Å²) in [5, 5.41) is 2.72. The standard InChI is InChI=1S/C29H29N3O6S3/c1-20-5-18-28(38-3)27(19-20)31-40(34,35)25-14-8-22(9-15-25)30-29(33)21-6-10-23(11-7-21)32(2)41(36,37)26-16-12-24(39-4)13-17-26/h5-19,31H,1-4H3,(H,30,33). The number of rotatable bonds is 10. The van der Waals surface area contributed by atoms with Crippen molar-refractivity contribution in [3.63, 3.8) is 0 Å². The molecule has 4 aromatic rings. The molecule has 0 heterocycles. The van der Waals surface area contributed by atoms with E-state index < -0.39 is 26.0 Å². The molecule has 4 aromatic carbocycles. The van der Waals surface area contributed by atoms with Crippen LogP contribution >= 0.6 is 11.8 Å². The average molecular weight is 612 g/mol. The highest BCUT2D eigenvalue weighted by molar-refractivity contribution is 7.98. The number of nitrogens with one attached hydrogen (secondary N) is 2. The Kier molecular flexibility index (Phi) is 8.95. The van der Waals surface area contributed by atoms with E-state index in [-0.39, 0.29) is 9.79 Å². The van der Waals surface area contributed by atoms with Gasteiger partial charge in [-0.3, -0.25) is 13.8 Å². The molecule has 0 unspecified atom stereocenters. The molecular weight excluding hydrogens is 583 g/mol. The van der Waals surface area contributed by atoms with Crippen molar-refractivity contribution in [2.45, 2.75) is 21.6 Å². The number of ether oxygens (including phenoxy) is 1. The van der Waals surface area contributed by atoms with Crippen LogP contribution in [0, 0.1) is 6.92 Å². The minimum Gasteiger partial charge on any atom is -0.495 e. The molecule has 0 fully saturated rings. The second-order valence-electron chi connectivity index (χ2n) is 8.98. The smallest absolute Gasteiger partial charge is 0.264 e. The van der Waals surface area contributed by atoms with Gasteiger partial charge < -0.3 is 10.1 Å². The van der Waals surface area contributed by atoms with Crippen molar-refractivity contribution in [2.24, 2.45) is 0 Å². The average Bonchev–Trinajstić information content (AvgIpc) is 2.97. The number of carbonyl (C=O) groups is 1. The largest absolute Gasteiger partial charge is 0.495 e. The molecule has 0 bridgehead atoms. The molecular formula is C29H29N3O6S3. The fraction of sp³-hybridized carbons (Fsp3) is 0.138. The Hall–Kier alpha value is -4.00.